The first kappa shape index (κ1) is 30.3. The van der Waals surface area contributed by atoms with E-state index in [9.17, 15) is 19.2 Å². The molecule has 1 unspecified atom stereocenters. The minimum Gasteiger partial charge on any atom is -0.445 e. The van der Waals surface area contributed by atoms with Gasteiger partial charge in [0.25, 0.3) is 11.8 Å². The van der Waals surface area contributed by atoms with E-state index in [4.69, 9.17) is 10.5 Å². The van der Waals surface area contributed by atoms with Crippen molar-refractivity contribution < 1.29 is 23.9 Å². The summed E-state index contributed by atoms with van der Waals surface area (Å²) in [4.78, 5) is 56.6. The molecule has 1 heterocycles. The Morgan fingerprint density at radius 3 is 2.43 bits per heavy atom. The van der Waals surface area contributed by atoms with Crippen LogP contribution in [0.3, 0.4) is 0 Å². The topological polar surface area (TPSA) is 155 Å². The number of benzene rings is 3. The molecule has 0 radical (unpaired) electrons. The van der Waals surface area contributed by atoms with Crippen molar-refractivity contribution in [2.24, 2.45) is 11.7 Å². The molecule has 0 fully saturated rings. The summed E-state index contributed by atoms with van der Waals surface area (Å²) in [6.07, 6.45) is 0.846. The lowest BCUT2D eigenvalue weighted by Gasteiger charge is -2.38. The van der Waals surface area contributed by atoms with E-state index in [1.807, 2.05) is 68.4 Å². The number of ether oxygens (including phenoxy) is 1. The molecule has 4 aromatic rings. The monoisotopic (exact) mass is 595 g/mol. The molecule has 1 aliphatic rings. The Kier molecular flexibility index (Phi) is 8.99. The fourth-order valence-electron chi connectivity index (χ4n) is 5.71. The Morgan fingerprint density at radius 1 is 0.977 bits per heavy atom. The first-order valence-electron chi connectivity index (χ1n) is 14.8. The van der Waals surface area contributed by atoms with Crippen molar-refractivity contribution >= 4 is 40.4 Å². The second-order valence-electron chi connectivity index (χ2n) is 11.3. The van der Waals surface area contributed by atoms with Crippen molar-refractivity contribution in [1.29, 1.82) is 0 Å². The van der Waals surface area contributed by atoms with Crippen LogP contribution in [0.15, 0.2) is 78.9 Å². The number of aryl methyl sites for hydroxylation is 1. The van der Waals surface area contributed by atoms with Crippen LogP contribution in [0.5, 0.6) is 0 Å². The summed E-state index contributed by atoms with van der Waals surface area (Å²) in [6.45, 7) is 3.83. The highest BCUT2D eigenvalue weighted by molar-refractivity contribution is 6.07. The molecule has 0 saturated carbocycles. The molecule has 5 rings (SSSR count). The van der Waals surface area contributed by atoms with Gasteiger partial charge in [0.1, 0.15) is 18.2 Å². The van der Waals surface area contributed by atoms with E-state index in [1.165, 1.54) is 6.07 Å². The zero-order chi connectivity index (χ0) is 31.3. The molecule has 3 atom stereocenters. The number of fused-ring (bicyclic) bond motifs is 3. The average molecular weight is 596 g/mol. The lowest BCUT2D eigenvalue weighted by atomic mass is 9.78. The molecule has 44 heavy (non-hydrogen) atoms. The lowest BCUT2D eigenvalue weighted by Crippen LogP contribution is -2.64. The van der Waals surface area contributed by atoms with Crippen LogP contribution in [0.1, 0.15) is 53.9 Å². The van der Waals surface area contributed by atoms with Crippen LogP contribution < -0.4 is 21.7 Å². The van der Waals surface area contributed by atoms with Crippen molar-refractivity contribution in [2.75, 3.05) is 5.32 Å². The number of anilines is 1. The van der Waals surface area contributed by atoms with Gasteiger partial charge in [-0.3, -0.25) is 14.4 Å². The second kappa shape index (κ2) is 13.0. The van der Waals surface area contributed by atoms with E-state index in [0.717, 1.165) is 27.7 Å². The number of carbonyl (C=O) groups excluding carboxylic acids is 4. The maximum Gasteiger partial charge on any atom is 0.408 e. The number of hydrogen-bond donors (Lipinski definition) is 5. The van der Waals surface area contributed by atoms with Gasteiger partial charge in [0.15, 0.2) is 0 Å². The first-order valence-corrected chi connectivity index (χ1v) is 14.8. The number of nitrogens with two attached hydrogens (primary N) is 1. The number of aromatic nitrogens is 1. The molecule has 228 valence electrons. The molecule has 0 aliphatic heterocycles. The number of carbonyl (C=O) groups is 4. The molecular weight excluding hydrogens is 558 g/mol. The van der Waals surface area contributed by atoms with Crippen LogP contribution in [-0.4, -0.2) is 40.4 Å². The minimum atomic E-state index is -1.39. The third kappa shape index (κ3) is 6.44. The smallest absolute Gasteiger partial charge is 0.408 e. The Balaban J connectivity index is 1.44. The molecular formula is C34H37N5O5. The second-order valence-corrected chi connectivity index (χ2v) is 11.3. The van der Waals surface area contributed by atoms with Gasteiger partial charge in [0.05, 0.1) is 11.3 Å². The highest BCUT2D eigenvalue weighted by Gasteiger charge is 2.45. The maximum atomic E-state index is 14.2. The fourth-order valence-corrected chi connectivity index (χ4v) is 5.71. The van der Waals surface area contributed by atoms with Crippen LogP contribution >= 0.6 is 0 Å². The maximum absolute atomic E-state index is 14.2. The molecule has 4 amide bonds. The van der Waals surface area contributed by atoms with Crippen LogP contribution in [-0.2, 0) is 33.8 Å². The molecule has 10 heteroatoms. The fraction of sp³-hybridized carbons (Fsp3) is 0.294. The van der Waals surface area contributed by atoms with Gasteiger partial charge in [-0.2, -0.15) is 0 Å². The number of rotatable bonds is 10. The van der Waals surface area contributed by atoms with Gasteiger partial charge in [-0.1, -0.05) is 80.9 Å². The van der Waals surface area contributed by atoms with Gasteiger partial charge in [-0.15, -0.1) is 0 Å². The summed E-state index contributed by atoms with van der Waals surface area (Å²) in [5.41, 5.74) is 8.29. The number of nitrogens with one attached hydrogen (secondary N) is 4. The van der Waals surface area contributed by atoms with Crippen molar-refractivity contribution in [3.63, 3.8) is 0 Å². The Labute approximate surface area is 255 Å². The minimum absolute atomic E-state index is 0.0521. The zero-order valence-electron chi connectivity index (χ0n) is 24.8. The van der Waals surface area contributed by atoms with Gasteiger partial charge >= 0.3 is 6.09 Å². The van der Waals surface area contributed by atoms with Crippen molar-refractivity contribution in [1.82, 2.24) is 15.6 Å². The Bertz CT molecular complexity index is 1680. The number of H-pyrrole nitrogens is 1. The standard InChI is InChI=1S/C34H37N5O5/c1-3-21(2)29(38-33(43)44-20-22-11-5-4-6-12-22)31(41)39-34(32(42)37-27-16-10-8-14-24(27)30(35)40)18-17-28-25(19-34)23-13-7-9-15-26(23)36-28/h4-16,21,29,36H,3,17-20H2,1-2H3,(H2,35,40)(H,37,42)(H,38,43)(H,39,41)/t21-,29-,34?/m0/s1. The summed E-state index contributed by atoms with van der Waals surface area (Å²) in [6, 6.07) is 22.6. The zero-order valence-corrected chi connectivity index (χ0v) is 24.8. The van der Waals surface area contributed by atoms with E-state index in [0.29, 0.717) is 12.8 Å². The third-order valence-corrected chi connectivity index (χ3v) is 8.40. The molecule has 0 spiro atoms. The van der Waals surface area contributed by atoms with Gasteiger partial charge in [-0.05, 0) is 48.1 Å². The van der Waals surface area contributed by atoms with Crippen LogP contribution in [0.4, 0.5) is 10.5 Å². The van der Waals surface area contributed by atoms with Crippen molar-refractivity contribution in [3.8, 4) is 0 Å². The van der Waals surface area contributed by atoms with Crippen LogP contribution in [0.25, 0.3) is 10.9 Å². The lowest BCUT2D eigenvalue weighted by molar-refractivity contribution is -0.132. The number of hydrogen-bond acceptors (Lipinski definition) is 5. The van der Waals surface area contributed by atoms with Gasteiger partial charge in [0.2, 0.25) is 5.91 Å². The SMILES string of the molecule is CC[C@H](C)[C@H](NC(=O)OCc1ccccc1)C(=O)NC1(C(=O)Nc2ccccc2C(N)=O)CCc2[nH]c3ccccc3c2C1. The number of alkyl carbamates (subject to hydrolysis) is 1. The Hall–Kier alpha value is -5.12. The number of para-hydroxylation sites is 2. The highest BCUT2D eigenvalue weighted by Crippen LogP contribution is 2.35. The summed E-state index contributed by atoms with van der Waals surface area (Å²) in [7, 11) is 0. The Morgan fingerprint density at radius 2 is 1.68 bits per heavy atom. The summed E-state index contributed by atoms with van der Waals surface area (Å²) < 4.78 is 5.41. The summed E-state index contributed by atoms with van der Waals surface area (Å²) >= 11 is 0. The van der Waals surface area contributed by atoms with E-state index in [2.05, 4.69) is 20.9 Å². The van der Waals surface area contributed by atoms with Gasteiger partial charge < -0.3 is 31.4 Å². The molecule has 0 bridgehead atoms. The van der Waals surface area contributed by atoms with Gasteiger partial charge in [0, 0.05) is 23.0 Å². The first-order chi connectivity index (χ1) is 21.2. The molecule has 1 aliphatic carbocycles. The molecule has 1 aromatic heterocycles. The highest BCUT2D eigenvalue weighted by atomic mass is 16.5. The quantitative estimate of drug-likeness (QED) is 0.181. The average Bonchev–Trinajstić information content (AvgIpc) is 3.40. The number of aromatic amines is 1. The van der Waals surface area contributed by atoms with Crippen molar-refractivity contribution in [3.05, 3.63) is 101 Å². The molecule has 0 saturated heterocycles. The largest absolute Gasteiger partial charge is 0.445 e. The predicted molar refractivity (Wildman–Crippen MR) is 168 cm³/mol. The number of amides is 4. The van der Waals surface area contributed by atoms with E-state index in [-0.39, 0.29) is 36.6 Å². The van der Waals surface area contributed by atoms with Gasteiger partial charge in [-0.25, -0.2) is 4.79 Å². The van der Waals surface area contributed by atoms with Crippen LogP contribution in [0, 0.1) is 5.92 Å². The van der Waals surface area contributed by atoms with E-state index < -0.39 is 35.4 Å². The third-order valence-electron chi connectivity index (χ3n) is 8.40. The predicted octanol–water partition coefficient (Wildman–Crippen LogP) is 4.59. The van der Waals surface area contributed by atoms with E-state index >= 15 is 0 Å². The summed E-state index contributed by atoms with van der Waals surface area (Å²) in [5, 5.41) is 9.60. The molecule has 10 nitrogen and oxygen atoms in total. The van der Waals surface area contributed by atoms with Crippen LogP contribution in [0.2, 0.25) is 0 Å². The van der Waals surface area contributed by atoms with E-state index in [1.54, 1.807) is 18.2 Å². The number of primary amides is 1. The normalized spacial score (nSPS) is 17.1. The van der Waals surface area contributed by atoms with Crippen molar-refractivity contribution in [2.45, 2.75) is 57.7 Å². The molecule has 3 aromatic carbocycles. The molecule has 6 N–H and O–H groups in total. The summed E-state index contributed by atoms with van der Waals surface area (Å²) in [5.74, 6) is -1.93.